The summed E-state index contributed by atoms with van der Waals surface area (Å²) in [5, 5.41) is 8.42. The Morgan fingerprint density at radius 1 is 1.00 bits per heavy atom. The molecule has 5 atom stereocenters. The molecule has 0 radical (unpaired) electrons. The Balaban J connectivity index is 1.43. The fraction of sp³-hybridized carbons (Fsp3) is 0.655. The van der Waals surface area contributed by atoms with Gasteiger partial charge in [0.05, 0.1) is 39.5 Å². The quantitative estimate of drug-likeness (QED) is 0.258. The fourth-order valence-corrected chi connectivity index (χ4v) is 5.04. The molecule has 0 bridgehead atoms. The lowest BCUT2D eigenvalue weighted by molar-refractivity contribution is -0.134. The van der Waals surface area contributed by atoms with Crippen LogP contribution in [-0.2, 0) is 39.8 Å². The zero-order valence-electron chi connectivity index (χ0n) is 24.1. The molecule has 3 N–H and O–H groups in total. The monoisotopic (exact) mass is 574 g/mol. The molecular formula is C29H42N4O8. The molecule has 3 fully saturated rings. The number of morpholine rings is 1. The van der Waals surface area contributed by atoms with E-state index >= 15 is 0 Å². The number of amides is 3. The number of rotatable bonds is 14. The van der Waals surface area contributed by atoms with Crippen LogP contribution < -0.4 is 20.7 Å². The maximum atomic E-state index is 13.7. The van der Waals surface area contributed by atoms with Gasteiger partial charge in [-0.2, -0.15) is 0 Å². The summed E-state index contributed by atoms with van der Waals surface area (Å²) in [7, 11) is 1.57. The minimum absolute atomic E-state index is 0.142. The van der Waals surface area contributed by atoms with Gasteiger partial charge in [-0.05, 0) is 50.3 Å². The Kier molecular flexibility index (Phi) is 10.7. The standard InChI is InChI=1S/C29H42N4O8/c1-19(30-25(34)16-33-9-12-39-13-10-33)27(36)32-24(14-20-4-6-22(38-3)7-5-20)28(37)31-23(15-21-8-11-40-17-21)26(35)29(2)18-41-29/h4-7,19,21,23-24H,8-18H2,1-3H3,(H,30,34)(H,31,37)(H,32,36)/t19-,21-,23-,24-,29+/m0/s1. The number of hydrogen-bond donors (Lipinski definition) is 3. The number of hydrogen-bond acceptors (Lipinski definition) is 9. The Hall–Kier alpha value is -3.06. The predicted molar refractivity (Wildman–Crippen MR) is 148 cm³/mol. The Bertz CT molecular complexity index is 1070. The molecule has 3 saturated heterocycles. The van der Waals surface area contributed by atoms with Crippen LogP contribution in [0, 0.1) is 5.92 Å². The van der Waals surface area contributed by atoms with Crippen molar-refractivity contribution in [2.75, 3.05) is 59.8 Å². The molecule has 0 unspecified atom stereocenters. The normalized spacial score (nSPS) is 24.5. The van der Waals surface area contributed by atoms with Crippen LogP contribution >= 0.6 is 0 Å². The molecule has 3 aliphatic rings. The van der Waals surface area contributed by atoms with Gasteiger partial charge in [0.2, 0.25) is 17.7 Å². The lowest BCUT2D eigenvalue weighted by atomic mass is 9.91. The summed E-state index contributed by atoms with van der Waals surface area (Å²) < 4.78 is 21.4. The summed E-state index contributed by atoms with van der Waals surface area (Å²) in [5.41, 5.74) is -0.120. The first-order valence-corrected chi connectivity index (χ1v) is 14.3. The van der Waals surface area contributed by atoms with Crippen molar-refractivity contribution in [3.05, 3.63) is 29.8 Å². The third kappa shape index (κ3) is 8.96. The first-order valence-electron chi connectivity index (χ1n) is 14.3. The Labute approximate surface area is 240 Å². The molecular weight excluding hydrogens is 532 g/mol. The summed E-state index contributed by atoms with van der Waals surface area (Å²) in [6.45, 7) is 7.35. The van der Waals surface area contributed by atoms with E-state index in [4.69, 9.17) is 18.9 Å². The minimum Gasteiger partial charge on any atom is -0.497 e. The van der Waals surface area contributed by atoms with Crippen LogP contribution in [0.1, 0.15) is 32.3 Å². The van der Waals surface area contributed by atoms with Crippen molar-refractivity contribution in [3.8, 4) is 5.75 Å². The molecule has 1 aromatic rings. The number of methoxy groups -OCH3 is 1. The van der Waals surface area contributed by atoms with Crippen molar-refractivity contribution in [1.29, 1.82) is 0 Å². The second-order valence-electron chi connectivity index (χ2n) is 11.2. The number of epoxide rings is 1. The SMILES string of the molecule is COc1ccc(C[C@H](NC(=O)[C@H](C)NC(=O)CN2CCOCC2)C(=O)N[C@@H](C[C@@H]2CCOC2)C(=O)[C@@]2(C)CO2)cc1. The third-order valence-corrected chi connectivity index (χ3v) is 7.80. The van der Waals surface area contributed by atoms with Gasteiger partial charge in [0.15, 0.2) is 5.78 Å². The van der Waals surface area contributed by atoms with Gasteiger partial charge in [0.25, 0.3) is 0 Å². The molecule has 3 amide bonds. The van der Waals surface area contributed by atoms with Crippen molar-refractivity contribution < 1.29 is 38.1 Å². The Morgan fingerprint density at radius 2 is 1.68 bits per heavy atom. The van der Waals surface area contributed by atoms with Crippen molar-refractivity contribution in [2.24, 2.45) is 5.92 Å². The van der Waals surface area contributed by atoms with Gasteiger partial charge in [0.1, 0.15) is 23.4 Å². The largest absolute Gasteiger partial charge is 0.497 e. The average molecular weight is 575 g/mol. The van der Waals surface area contributed by atoms with Gasteiger partial charge >= 0.3 is 0 Å². The molecule has 12 heteroatoms. The molecule has 226 valence electrons. The predicted octanol–water partition coefficient (Wildman–Crippen LogP) is -0.171. The molecule has 3 heterocycles. The number of ether oxygens (including phenoxy) is 4. The first kappa shape index (κ1) is 30.9. The minimum atomic E-state index is -0.988. The van der Waals surface area contributed by atoms with E-state index in [0.717, 1.165) is 12.0 Å². The van der Waals surface area contributed by atoms with Gasteiger partial charge in [0, 0.05) is 32.7 Å². The smallest absolute Gasteiger partial charge is 0.243 e. The maximum absolute atomic E-state index is 13.7. The van der Waals surface area contributed by atoms with Gasteiger partial charge < -0.3 is 34.9 Å². The summed E-state index contributed by atoms with van der Waals surface area (Å²) >= 11 is 0. The highest BCUT2D eigenvalue weighted by atomic mass is 16.6. The molecule has 0 aliphatic carbocycles. The van der Waals surface area contributed by atoms with E-state index in [1.165, 1.54) is 0 Å². The second-order valence-corrected chi connectivity index (χ2v) is 11.2. The van der Waals surface area contributed by atoms with Gasteiger partial charge in [-0.15, -0.1) is 0 Å². The number of nitrogens with one attached hydrogen (secondary N) is 3. The third-order valence-electron chi connectivity index (χ3n) is 7.80. The van der Waals surface area contributed by atoms with Crippen molar-refractivity contribution >= 4 is 23.5 Å². The second kappa shape index (κ2) is 14.2. The highest BCUT2D eigenvalue weighted by Crippen LogP contribution is 2.31. The van der Waals surface area contributed by atoms with Crippen LogP contribution in [-0.4, -0.2) is 112 Å². The van der Waals surface area contributed by atoms with Crippen molar-refractivity contribution in [2.45, 2.75) is 56.8 Å². The molecule has 4 rings (SSSR count). The molecule has 0 spiro atoms. The number of benzene rings is 1. The highest BCUT2D eigenvalue weighted by Gasteiger charge is 2.50. The molecule has 1 aromatic carbocycles. The lowest BCUT2D eigenvalue weighted by Crippen LogP contribution is -2.57. The summed E-state index contributed by atoms with van der Waals surface area (Å²) in [6, 6.07) is 4.55. The van der Waals surface area contributed by atoms with E-state index in [-0.39, 0.29) is 30.6 Å². The Morgan fingerprint density at radius 3 is 2.29 bits per heavy atom. The molecule has 0 aromatic heterocycles. The topological polar surface area (TPSA) is 148 Å². The number of Topliss-reactive ketones (excluding diaryl/α,β-unsaturated/α-hetero) is 1. The first-order chi connectivity index (χ1) is 19.7. The zero-order chi connectivity index (χ0) is 29.4. The highest BCUT2D eigenvalue weighted by molar-refractivity contribution is 5.98. The molecule has 0 saturated carbocycles. The van der Waals surface area contributed by atoms with Crippen molar-refractivity contribution in [3.63, 3.8) is 0 Å². The number of carbonyl (C=O) groups is 4. The van der Waals surface area contributed by atoms with E-state index in [1.807, 2.05) is 17.0 Å². The summed E-state index contributed by atoms with van der Waals surface area (Å²) in [4.78, 5) is 54.6. The van der Waals surface area contributed by atoms with Gasteiger partial charge in [-0.25, -0.2) is 0 Å². The van der Waals surface area contributed by atoms with Crippen LogP contribution in [0.4, 0.5) is 0 Å². The lowest BCUT2D eigenvalue weighted by Gasteiger charge is -2.27. The van der Waals surface area contributed by atoms with Crippen LogP contribution in [0.3, 0.4) is 0 Å². The van der Waals surface area contributed by atoms with E-state index in [2.05, 4.69) is 16.0 Å². The van der Waals surface area contributed by atoms with Crippen LogP contribution in [0.25, 0.3) is 0 Å². The van der Waals surface area contributed by atoms with Gasteiger partial charge in [-0.3, -0.25) is 24.1 Å². The van der Waals surface area contributed by atoms with Crippen molar-refractivity contribution in [1.82, 2.24) is 20.9 Å². The number of carbonyl (C=O) groups excluding carboxylic acids is 4. The zero-order valence-corrected chi connectivity index (χ0v) is 24.1. The molecule has 12 nitrogen and oxygen atoms in total. The number of ketones is 1. The average Bonchev–Trinajstić information content (AvgIpc) is 3.51. The summed E-state index contributed by atoms with van der Waals surface area (Å²) in [6.07, 6.45) is 1.42. The van der Waals surface area contributed by atoms with E-state index in [1.54, 1.807) is 33.1 Å². The fourth-order valence-electron chi connectivity index (χ4n) is 5.04. The molecule has 41 heavy (non-hydrogen) atoms. The van der Waals surface area contributed by atoms with E-state index < -0.39 is 35.5 Å². The van der Waals surface area contributed by atoms with Gasteiger partial charge in [-0.1, -0.05) is 12.1 Å². The molecule has 3 aliphatic heterocycles. The summed E-state index contributed by atoms with van der Waals surface area (Å²) in [5.74, 6) is -0.648. The number of nitrogens with zero attached hydrogens (tertiary/aromatic N) is 1. The van der Waals surface area contributed by atoms with E-state index in [0.29, 0.717) is 58.3 Å². The van der Waals surface area contributed by atoms with Crippen LogP contribution in [0.5, 0.6) is 5.75 Å². The van der Waals surface area contributed by atoms with E-state index in [9.17, 15) is 19.2 Å². The van der Waals surface area contributed by atoms with Crippen LogP contribution in [0.2, 0.25) is 0 Å². The van der Waals surface area contributed by atoms with Crippen LogP contribution in [0.15, 0.2) is 24.3 Å². The maximum Gasteiger partial charge on any atom is 0.243 e.